The van der Waals surface area contributed by atoms with Crippen LogP contribution in [0.1, 0.15) is 44.5 Å². The number of fused-ring (bicyclic) bond motifs is 2. The van der Waals surface area contributed by atoms with Crippen LogP contribution in [-0.4, -0.2) is 9.97 Å². The molecule has 0 atom stereocenters. The first-order valence-corrected chi connectivity index (χ1v) is 17.0. The summed E-state index contributed by atoms with van der Waals surface area (Å²) >= 11 is 0. The molecule has 0 N–H and O–H groups in total. The molecule has 7 aromatic rings. The van der Waals surface area contributed by atoms with E-state index in [-0.39, 0.29) is 0 Å². The van der Waals surface area contributed by atoms with Crippen LogP contribution in [-0.2, 0) is 0 Å². The Morgan fingerprint density at radius 2 is 0.900 bits per heavy atom. The van der Waals surface area contributed by atoms with E-state index in [1.54, 1.807) is 0 Å². The molecule has 0 saturated heterocycles. The summed E-state index contributed by atoms with van der Waals surface area (Å²) in [5, 5.41) is 2.24. The van der Waals surface area contributed by atoms with Gasteiger partial charge in [0.05, 0.1) is 22.4 Å². The van der Waals surface area contributed by atoms with E-state index < -0.39 is 0 Å². The van der Waals surface area contributed by atoms with Crippen molar-refractivity contribution in [2.24, 2.45) is 0 Å². The summed E-state index contributed by atoms with van der Waals surface area (Å²) < 4.78 is 0. The predicted octanol–water partition coefficient (Wildman–Crippen LogP) is 12.8. The number of rotatable bonds is 8. The number of pyridine rings is 2. The minimum atomic E-state index is 0.936. The van der Waals surface area contributed by atoms with E-state index >= 15 is 0 Å². The van der Waals surface area contributed by atoms with Gasteiger partial charge in [0.25, 0.3) is 0 Å². The van der Waals surface area contributed by atoms with Gasteiger partial charge in [-0.05, 0) is 102 Å². The van der Waals surface area contributed by atoms with Crippen molar-refractivity contribution in [3.8, 4) is 22.5 Å². The van der Waals surface area contributed by atoms with E-state index in [0.717, 1.165) is 88.8 Å². The lowest BCUT2D eigenvalue weighted by Gasteiger charge is -2.11. The Morgan fingerprint density at radius 3 is 1.34 bits per heavy atom. The van der Waals surface area contributed by atoms with Crippen molar-refractivity contribution in [1.29, 1.82) is 0 Å². The molecule has 7 rings (SSSR count). The summed E-state index contributed by atoms with van der Waals surface area (Å²) in [6.07, 6.45) is 8.49. The number of hydrogen-bond acceptors (Lipinski definition) is 2. The number of aryl methyl sites for hydroxylation is 4. The Kier molecular flexibility index (Phi) is 8.94. The maximum absolute atomic E-state index is 5.19. The number of benzene rings is 5. The van der Waals surface area contributed by atoms with E-state index in [4.69, 9.17) is 9.97 Å². The normalized spacial score (nSPS) is 11.6. The fourth-order valence-corrected chi connectivity index (χ4v) is 6.64. The zero-order chi connectivity index (χ0) is 34.8. The molecule has 0 bridgehead atoms. The molecule has 242 valence electrons. The van der Waals surface area contributed by atoms with Crippen molar-refractivity contribution in [2.45, 2.75) is 27.7 Å². The summed E-state index contributed by atoms with van der Waals surface area (Å²) in [7, 11) is 0. The smallest absolute Gasteiger partial charge is 0.0744 e. The van der Waals surface area contributed by atoms with E-state index in [2.05, 4.69) is 186 Å². The minimum Gasteiger partial charge on any atom is -0.247 e. The molecular formula is C48H40N2. The molecule has 2 aromatic heterocycles. The van der Waals surface area contributed by atoms with Gasteiger partial charge in [-0.1, -0.05) is 141 Å². The van der Waals surface area contributed by atoms with Crippen molar-refractivity contribution in [1.82, 2.24) is 9.97 Å². The van der Waals surface area contributed by atoms with Gasteiger partial charge in [0, 0.05) is 21.9 Å². The van der Waals surface area contributed by atoms with Crippen molar-refractivity contribution < 1.29 is 0 Å². The highest BCUT2D eigenvalue weighted by Crippen LogP contribution is 2.31. The maximum Gasteiger partial charge on any atom is 0.0744 e. The lowest BCUT2D eigenvalue weighted by atomic mass is 9.98. The van der Waals surface area contributed by atoms with Gasteiger partial charge in [0.1, 0.15) is 0 Å². The fourth-order valence-electron chi connectivity index (χ4n) is 6.64. The molecule has 2 heteroatoms. The quantitative estimate of drug-likeness (QED) is 0.154. The van der Waals surface area contributed by atoms with Gasteiger partial charge in [0.2, 0.25) is 0 Å². The van der Waals surface area contributed by atoms with Crippen molar-refractivity contribution in [3.63, 3.8) is 0 Å². The van der Waals surface area contributed by atoms with Crippen LogP contribution in [0.5, 0.6) is 0 Å². The minimum absolute atomic E-state index is 0.936. The molecule has 50 heavy (non-hydrogen) atoms. The molecule has 0 spiro atoms. The Labute approximate surface area is 295 Å². The third-order valence-electron chi connectivity index (χ3n) is 9.68. The van der Waals surface area contributed by atoms with Gasteiger partial charge < -0.3 is 0 Å². The number of allylic oxidation sites excluding steroid dienone is 4. The van der Waals surface area contributed by atoms with E-state index in [0.29, 0.717) is 0 Å². The molecule has 0 unspecified atom stereocenters. The van der Waals surface area contributed by atoms with Crippen LogP contribution in [0.2, 0.25) is 0 Å². The average Bonchev–Trinajstić information content (AvgIpc) is 3.14. The molecule has 2 heterocycles. The molecule has 0 aliphatic carbocycles. The second kappa shape index (κ2) is 13.8. The molecule has 0 amide bonds. The molecule has 0 saturated carbocycles. The van der Waals surface area contributed by atoms with Crippen LogP contribution in [0.25, 0.3) is 67.6 Å². The summed E-state index contributed by atoms with van der Waals surface area (Å²) in [6.45, 7) is 17.2. The van der Waals surface area contributed by atoms with Crippen LogP contribution < -0.4 is 0 Å². The van der Waals surface area contributed by atoms with E-state index in [9.17, 15) is 0 Å². The molecule has 2 nitrogen and oxygen atoms in total. The monoisotopic (exact) mass is 644 g/mol. The number of nitrogens with zero attached hydrogens (tertiary/aromatic N) is 2. The first kappa shape index (κ1) is 32.4. The van der Waals surface area contributed by atoms with Crippen LogP contribution in [0.4, 0.5) is 0 Å². The molecule has 0 fully saturated rings. The Morgan fingerprint density at radius 1 is 0.480 bits per heavy atom. The first-order chi connectivity index (χ1) is 24.3. The van der Waals surface area contributed by atoms with Gasteiger partial charge in [-0.15, -0.1) is 0 Å². The van der Waals surface area contributed by atoms with Gasteiger partial charge in [-0.3, -0.25) is 0 Å². The van der Waals surface area contributed by atoms with Crippen LogP contribution in [0, 0.1) is 27.7 Å². The average molecular weight is 645 g/mol. The highest BCUT2D eigenvalue weighted by Gasteiger charge is 2.11. The van der Waals surface area contributed by atoms with Gasteiger partial charge in [0.15, 0.2) is 0 Å². The lowest BCUT2D eigenvalue weighted by molar-refractivity contribution is 1.34. The molecule has 0 radical (unpaired) electrons. The number of aromatic nitrogens is 2. The maximum atomic E-state index is 5.19. The van der Waals surface area contributed by atoms with E-state index in [1.165, 1.54) is 11.1 Å². The topological polar surface area (TPSA) is 25.8 Å². The lowest BCUT2D eigenvalue weighted by Crippen LogP contribution is -1.93. The zero-order valence-electron chi connectivity index (χ0n) is 29.2. The van der Waals surface area contributed by atoms with Crippen LogP contribution in [0.15, 0.2) is 147 Å². The Bertz CT molecular complexity index is 2340. The molecular weight excluding hydrogens is 605 g/mol. The number of hydrogen-bond donors (Lipinski definition) is 0. The molecule has 5 aromatic carbocycles. The van der Waals surface area contributed by atoms with Crippen LogP contribution in [0.3, 0.4) is 0 Å². The highest BCUT2D eigenvalue weighted by atomic mass is 14.7. The van der Waals surface area contributed by atoms with Crippen molar-refractivity contribution in [2.75, 3.05) is 0 Å². The largest absolute Gasteiger partial charge is 0.247 e. The summed E-state index contributed by atoms with van der Waals surface area (Å²) in [5.41, 5.74) is 17.3. The fraction of sp³-hybridized carbons (Fsp3) is 0.0833. The zero-order valence-corrected chi connectivity index (χ0v) is 29.2. The third kappa shape index (κ3) is 6.49. The van der Waals surface area contributed by atoms with Gasteiger partial charge >= 0.3 is 0 Å². The molecule has 0 aliphatic rings. The van der Waals surface area contributed by atoms with Gasteiger partial charge in [-0.2, -0.15) is 0 Å². The SMILES string of the molecule is C=C(/C=C\c1ccc2ccc(-c3cccc(-c4ccc5ccc(/C=C\C(=C)c6ccccc6C)c(C)c5n4)c3)nc2c1C)c1ccccc1C. The standard InChI is InChI=1S/C48H40N2/c1-31-12-7-9-16-43(31)33(3)18-20-37-22-24-39-26-28-45(49-47(39)35(37)5)41-14-11-15-42(30-41)46-29-27-40-25-23-38(36(6)48(40)50-46)21-19-34(4)44-17-10-8-13-32(44)2/h7-30H,3-4H2,1-2,5-6H3/b20-18-,21-19-. The molecule has 0 aliphatic heterocycles. The van der Waals surface area contributed by atoms with Crippen molar-refractivity contribution in [3.05, 3.63) is 191 Å². The van der Waals surface area contributed by atoms with E-state index in [1.807, 2.05) is 0 Å². The van der Waals surface area contributed by atoms with Crippen LogP contribution >= 0.6 is 0 Å². The Hall–Kier alpha value is -6.12. The highest BCUT2D eigenvalue weighted by molar-refractivity contribution is 5.91. The van der Waals surface area contributed by atoms with Gasteiger partial charge in [-0.25, -0.2) is 9.97 Å². The summed E-state index contributed by atoms with van der Waals surface area (Å²) in [5.74, 6) is 0. The second-order valence-corrected chi connectivity index (χ2v) is 13.0. The third-order valence-corrected chi connectivity index (χ3v) is 9.68. The van der Waals surface area contributed by atoms with Crippen molar-refractivity contribution >= 4 is 45.1 Å². The Balaban J connectivity index is 1.18. The first-order valence-electron chi connectivity index (χ1n) is 17.0. The summed E-state index contributed by atoms with van der Waals surface area (Å²) in [6, 6.07) is 42.4. The predicted molar refractivity (Wildman–Crippen MR) is 216 cm³/mol. The summed E-state index contributed by atoms with van der Waals surface area (Å²) in [4.78, 5) is 10.4. The second-order valence-electron chi connectivity index (χ2n) is 13.0.